The highest BCUT2D eigenvalue weighted by Crippen LogP contribution is 2.15. The molecule has 1 unspecified atom stereocenters. The second-order valence-electron chi connectivity index (χ2n) is 3.34. The van der Waals surface area contributed by atoms with Crippen molar-refractivity contribution in [2.24, 2.45) is 0 Å². The Kier molecular flexibility index (Phi) is 4.62. The van der Waals surface area contributed by atoms with Crippen molar-refractivity contribution >= 4 is 27.8 Å². The van der Waals surface area contributed by atoms with Crippen LogP contribution in [0, 0.1) is 5.82 Å². The minimum absolute atomic E-state index is 0.121. The van der Waals surface area contributed by atoms with Crippen LogP contribution in [-0.2, 0) is 9.53 Å². The summed E-state index contributed by atoms with van der Waals surface area (Å²) in [5, 5.41) is 2.34. The summed E-state index contributed by atoms with van der Waals surface area (Å²) in [5.74, 6) is -1.90. The fourth-order valence-electron chi connectivity index (χ4n) is 1.18. The maximum absolute atomic E-state index is 13.4. The molecule has 1 aromatic rings. The number of hydrogen-bond donors (Lipinski definition) is 1. The van der Waals surface area contributed by atoms with Gasteiger partial charge in [-0.2, -0.15) is 0 Å². The van der Waals surface area contributed by atoms with Crippen molar-refractivity contribution in [1.82, 2.24) is 5.32 Å². The van der Waals surface area contributed by atoms with Crippen LogP contribution in [0.2, 0.25) is 0 Å². The van der Waals surface area contributed by atoms with Crippen LogP contribution < -0.4 is 5.32 Å². The molecular weight excluding hydrogens is 293 g/mol. The number of carbonyl (C=O) groups excluding carboxylic acids is 2. The summed E-state index contributed by atoms with van der Waals surface area (Å²) in [7, 11) is 1.21. The molecule has 0 aliphatic heterocycles. The molecule has 0 heterocycles. The molecule has 0 fully saturated rings. The Labute approximate surface area is 106 Å². The first kappa shape index (κ1) is 13.6. The monoisotopic (exact) mass is 303 g/mol. The van der Waals surface area contributed by atoms with Gasteiger partial charge >= 0.3 is 5.97 Å². The van der Waals surface area contributed by atoms with Gasteiger partial charge in [-0.1, -0.05) is 15.9 Å². The molecule has 6 heteroatoms. The van der Waals surface area contributed by atoms with E-state index in [-0.39, 0.29) is 5.56 Å². The SMILES string of the molecule is COC(=O)C(C)NC(=O)c1ccc(Br)cc1F. The molecule has 0 aliphatic rings. The average molecular weight is 304 g/mol. The zero-order valence-electron chi connectivity index (χ0n) is 9.29. The number of benzene rings is 1. The molecule has 0 bridgehead atoms. The summed E-state index contributed by atoms with van der Waals surface area (Å²) in [6, 6.07) is 3.23. The molecule has 0 saturated carbocycles. The standard InChI is InChI=1S/C11H11BrFNO3/c1-6(11(16)17-2)14-10(15)8-4-3-7(12)5-9(8)13/h3-6H,1-2H3,(H,14,15). The summed E-state index contributed by atoms with van der Waals surface area (Å²) in [6.45, 7) is 1.46. The third-order valence-electron chi connectivity index (χ3n) is 2.08. The molecule has 0 saturated heterocycles. The molecule has 0 aromatic heterocycles. The Morgan fingerprint density at radius 2 is 2.12 bits per heavy atom. The van der Waals surface area contributed by atoms with E-state index in [1.54, 1.807) is 6.07 Å². The summed E-state index contributed by atoms with van der Waals surface area (Å²) in [4.78, 5) is 22.7. The van der Waals surface area contributed by atoms with E-state index >= 15 is 0 Å². The normalized spacial score (nSPS) is 11.8. The van der Waals surface area contributed by atoms with Crippen LogP contribution in [0.3, 0.4) is 0 Å². The van der Waals surface area contributed by atoms with E-state index in [9.17, 15) is 14.0 Å². The average Bonchev–Trinajstić information content (AvgIpc) is 2.27. The second-order valence-corrected chi connectivity index (χ2v) is 4.26. The van der Waals surface area contributed by atoms with Crippen molar-refractivity contribution in [2.75, 3.05) is 7.11 Å². The summed E-state index contributed by atoms with van der Waals surface area (Å²) in [6.07, 6.45) is 0. The lowest BCUT2D eigenvalue weighted by atomic mass is 10.2. The molecule has 0 radical (unpaired) electrons. The Balaban J connectivity index is 2.80. The first-order valence-corrected chi connectivity index (χ1v) is 5.58. The number of carbonyl (C=O) groups is 2. The van der Waals surface area contributed by atoms with Crippen molar-refractivity contribution in [3.8, 4) is 0 Å². The lowest BCUT2D eigenvalue weighted by Crippen LogP contribution is -2.39. The fourth-order valence-corrected chi connectivity index (χ4v) is 1.52. The Bertz CT molecular complexity index is 450. The Hall–Kier alpha value is -1.43. The predicted octanol–water partition coefficient (Wildman–Crippen LogP) is 1.88. The topological polar surface area (TPSA) is 55.4 Å². The number of ether oxygens (including phenoxy) is 1. The van der Waals surface area contributed by atoms with Gasteiger partial charge in [0.2, 0.25) is 0 Å². The number of methoxy groups -OCH3 is 1. The van der Waals surface area contributed by atoms with Crippen molar-refractivity contribution < 1.29 is 18.7 Å². The van der Waals surface area contributed by atoms with Gasteiger partial charge in [0.05, 0.1) is 12.7 Å². The lowest BCUT2D eigenvalue weighted by molar-refractivity contribution is -0.142. The van der Waals surface area contributed by atoms with E-state index in [0.29, 0.717) is 4.47 Å². The van der Waals surface area contributed by atoms with Crippen molar-refractivity contribution in [1.29, 1.82) is 0 Å². The van der Waals surface area contributed by atoms with Crippen molar-refractivity contribution in [2.45, 2.75) is 13.0 Å². The third-order valence-corrected chi connectivity index (χ3v) is 2.57. The van der Waals surface area contributed by atoms with Crippen LogP contribution in [-0.4, -0.2) is 25.0 Å². The molecule has 0 aliphatic carbocycles. The predicted molar refractivity (Wildman–Crippen MR) is 63.0 cm³/mol. The molecule has 1 amide bonds. The van der Waals surface area contributed by atoms with Crippen molar-refractivity contribution in [3.63, 3.8) is 0 Å². The van der Waals surface area contributed by atoms with Crippen LogP contribution >= 0.6 is 15.9 Å². The maximum Gasteiger partial charge on any atom is 0.328 e. The summed E-state index contributed by atoms with van der Waals surface area (Å²) in [5.41, 5.74) is -0.121. The molecule has 1 atom stereocenters. The number of hydrogen-bond acceptors (Lipinski definition) is 3. The number of nitrogens with one attached hydrogen (secondary N) is 1. The van der Waals surface area contributed by atoms with Gasteiger partial charge in [-0.3, -0.25) is 4.79 Å². The number of amides is 1. The number of rotatable bonds is 3. The van der Waals surface area contributed by atoms with E-state index < -0.39 is 23.7 Å². The van der Waals surface area contributed by atoms with E-state index in [1.165, 1.54) is 26.2 Å². The van der Waals surface area contributed by atoms with Gasteiger partial charge in [-0.15, -0.1) is 0 Å². The Morgan fingerprint density at radius 1 is 1.47 bits per heavy atom. The van der Waals surface area contributed by atoms with Crippen LogP contribution in [0.25, 0.3) is 0 Å². The highest BCUT2D eigenvalue weighted by molar-refractivity contribution is 9.10. The molecule has 4 nitrogen and oxygen atoms in total. The third kappa shape index (κ3) is 3.52. The zero-order chi connectivity index (χ0) is 13.0. The second kappa shape index (κ2) is 5.77. The van der Waals surface area contributed by atoms with Gasteiger partial charge in [-0.25, -0.2) is 9.18 Å². The van der Waals surface area contributed by atoms with Gasteiger partial charge in [0.25, 0.3) is 5.91 Å². The van der Waals surface area contributed by atoms with Crippen LogP contribution in [0.5, 0.6) is 0 Å². The molecule has 0 spiro atoms. The number of esters is 1. The summed E-state index contributed by atoms with van der Waals surface area (Å²) < 4.78 is 18.4. The van der Waals surface area contributed by atoms with Gasteiger partial charge in [0.15, 0.2) is 0 Å². The molecule has 1 N–H and O–H groups in total. The van der Waals surface area contributed by atoms with Crippen molar-refractivity contribution in [3.05, 3.63) is 34.1 Å². The molecule has 1 rings (SSSR count). The fraction of sp³-hybridized carbons (Fsp3) is 0.273. The van der Waals surface area contributed by atoms with E-state index in [0.717, 1.165) is 0 Å². The smallest absolute Gasteiger partial charge is 0.328 e. The highest BCUT2D eigenvalue weighted by Gasteiger charge is 2.19. The Morgan fingerprint density at radius 3 is 2.65 bits per heavy atom. The summed E-state index contributed by atoms with van der Waals surface area (Å²) >= 11 is 3.08. The number of halogens is 2. The first-order chi connectivity index (χ1) is 7.95. The highest BCUT2D eigenvalue weighted by atomic mass is 79.9. The maximum atomic E-state index is 13.4. The quantitative estimate of drug-likeness (QED) is 0.868. The lowest BCUT2D eigenvalue weighted by Gasteiger charge is -2.11. The minimum atomic E-state index is -0.824. The van der Waals surface area contributed by atoms with Crippen LogP contribution in [0.4, 0.5) is 4.39 Å². The van der Waals surface area contributed by atoms with E-state index in [4.69, 9.17) is 0 Å². The van der Waals surface area contributed by atoms with Gasteiger partial charge in [0, 0.05) is 4.47 Å². The largest absolute Gasteiger partial charge is 0.467 e. The molecule has 92 valence electrons. The van der Waals surface area contributed by atoms with Gasteiger partial charge in [-0.05, 0) is 25.1 Å². The van der Waals surface area contributed by atoms with Gasteiger partial charge < -0.3 is 10.1 Å². The van der Waals surface area contributed by atoms with Gasteiger partial charge in [0.1, 0.15) is 11.9 Å². The van der Waals surface area contributed by atoms with Crippen LogP contribution in [0.15, 0.2) is 22.7 Å². The van der Waals surface area contributed by atoms with Crippen LogP contribution in [0.1, 0.15) is 17.3 Å². The molecule has 1 aromatic carbocycles. The molecular formula is C11H11BrFNO3. The minimum Gasteiger partial charge on any atom is -0.467 e. The molecule has 17 heavy (non-hydrogen) atoms. The van der Waals surface area contributed by atoms with E-state index in [1.807, 2.05) is 0 Å². The first-order valence-electron chi connectivity index (χ1n) is 4.79. The van der Waals surface area contributed by atoms with E-state index in [2.05, 4.69) is 26.0 Å². The zero-order valence-corrected chi connectivity index (χ0v) is 10.9.